The van der Waals surface area contributed by atoms with E-state index >= 15 is 0 Å². The largest absolute Gasteiger partial charge is 0.381 e. The molecule has 0 bridgehead atoms. The minimum atomic E-state index is -0.368. The van der Waals surface area contributed by atoms with Crippen LogP contribution in [0.25, 0.3) is 0 Å². The van der Waals surface area contributed by atoms with Crippen LogP contribution < -0.4 is 10.6 Å². The van der Waals surface area contributed by atoms with E-state index in [0.29, 0.717) is 23.8 Å². The number of nitrogens with zero attached hydrogens (tertiary/aromatic N) is 1. The van der Waals surface area contributed by atoms with Crippen molar-refractivity contribution in [2.75, 3.05) is 18.4 Å². The zero-order valence-electron chi connectivity index (χ0n) is 11.5. The number of nitrogens with one attached hydrogen (secondary N) is 2. The van der Waals surface area contributed by atoms with Crippen molar-refractivity contribution in [1.29, 1.82) is 5.26 Å². The van der Waals surface area contributed by atoms with Crippen molar-refractivity contribution in [3.8, 4) is 6.07 Å². The van der Waals surface area contributed by atoms with E-state index in [1.165, 1.54) is 18.9 Å². The molecule has 2 N–H and O–H groups in total. The molecule has 1 aliphatic heterocycles. The van der Waals surface area contributed by atoms with Gasteiger partial charge >= 0.3 is 0 Å². The lowest BCUT2D eigenvalue weighted by Crippen LogP contribution is -2.50. The van der Waals surface area contributed by atoms with E-state index in [1.807, 2.05) is 6.07 Å². The van der Waals surface area contributed by atoms with E-state index in [-0.39, 0.29) is 11.2 Å². The van der Waals surface area contributed by atoms with Crippen molar-refractivity contribution >= 4 is 5.69 Å². The van der Waals surface area contributed by atoms with Crippen LogP contribution in [0.2, 0.25) is 0 Å². The zero-order valence-corrected chi connectivity index (χ0v) is 11.5. The van der Waals surface area contributed by atoms with Gasteiger partial charge in [0.25, 0.3) is 0 Å². The summed E-state index contributed by atoms with van der Waals surface area (Å²) < 4.78 is 13.7. The van der Waals surface area contributed by atoms with Gasteiger partial charge in [0.2, 0.25) is 0 Å². The van der Waals surface area contributed by atoms with E-state index in [9.17, 15) is 4.39 Å². The van der Waals surface area contributed by atoms with Crippen LogP contribution >= 0.6 is 0 Å². The van der Waals surface area contributed by atoms with Crippen molar-refractivity contribution in [1.82, 2.24) is 5.32 Å². The standard InChI is InChI=1S/C15H20FN3/c1-15(2)6-3-7-18-14(15)10-19-13-5-4-11(9-17)8-12(13)16/h4-5,8,14,18-19H,3,6-7,10H2,1-2H3. The van der Waals surface area contributed by atoms with Gasteiger partial charge in [-0.25, -0.2) is 4.39 Å². The fraction of sp³-hybridized carbons (Fsp3) is 0.533. The Morgan fingerprint density at radius 3 is 2.95 bits per heavy atom. The van der Waals surface area contributed by atoms with Gasteiger partial charge in [-0.05, 0) is 43.0 Å². The fourth-order valence-electron chi connectivity index (χ4n) is 2.56. The molecule has 102 valence electrons. The molecule has 4 heteroatoms. The van der Waals surface area contributed by atoms with Crippen LogP contribution in [-0.2, 0) is 0 Å². The van der Waals surface area contributed by atoms with E-state index in [0.717, 1.165) is 6.54 Å². The van der Waals surface area contributed by atoms with Crippen LogP contribution in [0.3, 0.4) is 0 Å². The first kappa shape index (κ1) is 13.8. The fourth-order valence-corrected chi connectivity index (χ4v) is 2.56. The number of nitriles is 1. The highest BCUT2D eigenvalue weighted by molar-refractivity contribution is 5.48. The summed E-state index contributed by atoms with van der Waals surface area (Å²) in [5.41, 5.74) is 1.02. The summed E-state index contributed by atoms with van der Waals surface area (Å²) in [6, 6.07) is 6.79. The van der Waals surface area contributed by atoms with E-state index in [1.54, 1.807) is 12.1 Å². The van der Waals surface area contributed by atoms with Crippen molar-refractivity contribution in [2.45, 2.75) is 32.7 Å². The van der Waals surface area contributed by atoms with Crippen molar-refractivity contribution in [3.05, 3.63) is 29.6 Å². The number of rotatable bonds is 3. The molecule has 0 spiro atoms. The highest BCUT2D eigenvalue weighted by Crippen LogP contribution is 2.30. The van der Waals surface area contributed by atoms with Crippen molar-refractivity contribution < 1.29 is 4.39 Å². The smallest absolute Gasteiger partial charge is 0.147 e. The van der Waals surface area contributed by atoms with Crippen molar-refractivity contribution in [2.24, 2.45) is 5.41 Å². The van der Waals surface area contributed by atoms with E-state index in [4.69, 9.17) is 5.26 Å². The molecule has 3 nitrogen and oxygen atoms in total. The normalized spacial score (nSPS) is 21.7. The molecule has 19 heavy (non-hydrogen) atoms. The summed E-state index contributed by atoms with van der Waals surface area (Å²) in [6.45, 7) is 6.18. The molecular weight excluding hydrogens is 241 g/mol. The van der Waals surface area contributed by atoms with Crippen LogP contribution in [0.15, 0.2) is 18.2 Å². The third kappa shape index (κ3) is 3.24. The number of halogens is 1. The second-order valence-electron chi connectivity index (χ2n) is 5.79. The Labute approximate surface area is 113 Å². The van der Waals surface area contributed by atoms with Gasteiger partial charge in [-0.1, -0.05) is 13.8 Å². The maximum absolute atomic E-state index is 13.7. The molecule has 1 heterocycles. The molecular formula is C15H20FN3. The molecule has 1 saturated heterocycles. The summed E-state index contributed by atoms with van der Waals surface area (Å²) in [5.74, 6) is -0.368. The van der Waals surface area contributed by atoms with Crippen molar-refractivity contribution in [3.63, 3.8) is 0 Å². The highest BCUT2D eigenvalue weighted by Gasteiger charge is 2.31. The molecule has 1 atom stereocenters. The third-order valence-electron chi connectivity index (χ3n) is 3.93. The Morgan fingerprint density at radius 2 is 2.32 bits per heavy atom. The summed E-state index contributed by atoms with van der Waals surface area (Å²) in [4.78, 5) is 0. The van der Waals surface area contributed by atoms with Gasteiger partial charge in [0.05, 0.1) is 17.3 Å². The van der Waals surface area contributed by atoms with Crippen LogP contribution in [0.4, 0.5) is 10.1 Å². The molecule has 2 rings (SSSR count). The van der Waals surface area contributed by atoms with Gasteiger partial charge in [-0.3, -0.25) is 0 Å². The van der Waals surface area contributed by atoms with Gasteiger partial charge < -0.3 is 10.6 Å². The molecule has 0 amide bonds. The second-order valence-corrected chi connectivity index (χ2v) is 5.79. The number of piperidine rings is 1. The lowest BCUT2D eigenvalue weighted by molar-refractivity contribution is 0.188. The lowest BCUT2D eigenvalue weighted by atomic mass is 9.77. The highest BCUT2D eigenvalue weighted by atomic mass is 19.1. The molecule has 0 aliphatic carbocycles. The van der Waals surface area contributed by atoms with Crippen LogP contribution in [-0.4, -0.2) is 19.1 Å². The summed E-state index contributed by atoms with van der Waals surface area (Å²) in [7, 11) is 0. The Morgan fingerprint density at radius 1 is 1.53 bits per heavy atom. The van der Waals surface area contributed by atoms with E-state index < -0.39 is 0 Å². The minimum absolute atomic E-state index is 0.217. The number of hydrogen-bond donors (Lipinski definition) is 2. The average molecular weight is 261 g/mol. The van der Waals surface area contributed by atoms with Gasteiger partial charge in [0, 0.05) is 12.6 Å². The van der Waals surface area contributed by atoms with E-state index in [2.05, 4.69) is 24.5 Å². The Hall–Kier alpha value is -1.60. The van der Waals surface area contributed by atoms with Gasteiger partial charge in [-0.15, -0.1) is 0 Å². The molecule has 0 saturated carbocycles. The van der Waals surface area contributed by atoms with Gasteiger partial charge in [0.15, 0.2) is 0 Å². The maximum Gasteiger partial charge on any atom is 0.147 e. The van der Waals surface area contributed by atoms with Crippen LogP contribution in [0.1, 0.15) is 32.3 Å². The third-order valence-corrected chi connectivity index (χ3v) is 3.93. The predicted octanol–water partition coefficient (Wildman–Crippen LogP) is 2.89. The molecule has 1 aromatic rings. The zero-order chi connectivity index (χ0) is 13.9. The molecule has 1 aliphatic rings. The number of benzene rings is 1. The Bertz CT molecular complexity index is 491. The second kappa shape index (κ2) is 5.58. The Kier molecular flexibility index (Phi) is 4.06. The quantitative estimate of drug-likeness (QED) is 0.879. The number of anilines is 1. The van der Waals surface area contributed by atoms with Gasteiger partial charge in [-0.2, -0.15) is 5.26 Å². The summed E-state index contributed by atoms with van der Waals surface area (Å²) >= 11 is 0. The topological polar surface area (TPSA) is 47.8 Å². The first-order valence-electron chi connectivity index (χ1n) is 6.70. The maximum atomic E-state index is 13.7. The monoisotopic (exact) mass is 261 g/mol. The molecule has 1 unspecified atom stereocenters. The average Bonchev–Trinajstić information content (AvgIpc) is 2.38. The SMILES string of the molecule is CC1(C)CCCNC1CNc1ccc(C#N)cc1F. The molecule has 0 aromatic heterocycles. The molecule has 1 aromatic carbocycles. The predicted molar refractivity (Wildman–Crippen MR) is 74.4 cm³/mol. The first-order valence-corrected chi connectivity index (χ1v) is 6.70. The minimum Gasteiger partial charge on any atom is -0.381 e. The molecule has 1 fully saturated rings. The number of hydrogen-bond acceptors (Lipinski definition) is 3. The lowest BCUT2D eigenvalue weighted by Gasteiger charge is -2.39. The Balaban J connectivity index is 2.01. The molecule has 0 radical (unpaired) electrons. The first-order chi connectivity index (χ1) is 9.03. The van der Waals surface area contributed by atoms with Gasteiger partial charge in [0.1, 0.15) is 5.82 Å². The van der Waals surface area contributed by atoms with Crippen LogP contribution in [0.5, 0.6) is 0 Å². The van der Waals surface area contributed by atoms with Crippen LogP contribution in [0, 0.1) is 22.6 Å². The summed E-state index contributed by atoms with van der Waals surface area (Å²) in [5, 5.41) is 15.3. The summed E-state index contributed by atoms with van der Waals surface area (Å²) in [6.07, 6.45) is 2.37.